The second-order valence-electron chi connectivity index (χ2n) is 5.40. The van der Waals surface area contributed by atoms with E-state index in [1.807, 2.05) is 0 Å². The molecule has 5 nitrogen and oxygen atoms in total. The molecule has 0 radical (unpaired) electrons. The molecule has 2 aliphatic heterocycles. The fourth-order valence-corrected chi connectivity index (χ4v) is 4.12. The van der Waals surface area contributed by atoms with E-state index in [9.17, 15) is 9.59 Å². The Morgan fingerprint density at radius 3 is 2.67 bits per heavy atom. The summed E-state index contributed by atoms with van der Waals surface area (Å²) < 4.78 is 11.0. The van der Waals surface area contributed by atoms with Gasteiger partial charge < -0.3 is 14.4 Å². The molecule has 112 valence electrons. The molecule has 6 heteroatoms. The van der Waals surface area contributed by atoms with Crippen LogP contribution in [0.5, 0.6) is 0 Å². The molecule has 21 heavy (non-hydrogen) atoms. The number of ether oxygens (including phenoxy) is 2. The van der Waals surface area contributed by atoms with Crippen molar-refractivity contribution in [3.63, 3.8) is 0 Å². The first kappa shape index (κ1) is 14.5. The summed E-state index contributed by atoms with van der Waals surface area (Å²) in [4.78, 5) is 26.2. The molecule has 0 unspecified atom stereocenters. The largest absolute Gasteiger partial charge is 0.465 e. The van der Waals surface area contributed by atoms with Crippen molar-refractivity contribution in [1.82, 2.24) is 0 Å². The first-order valence-electron chi connectivity index (χ1n) is 6.79. The third kappa shape index (κ3) is 2.00. The number of hydrogen-bond donors (Lipinski definition) is 0. The number of carbonyl (C=O) groups is 2. The summed E-state index contributed by atoms with van der Waals surface area (Å²) in [5, 5.41) is 0. The number of halogens is 1. The van der Waals surface area contributed by atoms with Crippen LogP contribution in [0.4, 0.5) is 5.69 Å². The van der Waals surface area contributed by atoms with E-state index in [2.05, 4.69) is 15.9 Å². The van der Waals surface area contributed by atoms with Gasteiger partial charge in [-0.25, -0.2) is 4.79 Å². The number of amides is 1. The zero-order valence-corrected chi connectivity index (χ0v) is 13.5. The molecule has 0 bridgehead atoms. The summed E-state index contributed by atoms with van der Waals surface area (Å²) in [5.74, 6) is -0.337. The van der Waals surface area contributed by atoms with Gasteiger partial charge in [0.2, 0.25) is 5.91 Å². The second-order valence-corrected chi connectivity index (χ2v) is 6.26. The number of nitrogens with zero attached hydrogens (tertiary/aromatic N) is 1. The van der Waals surface area contributed by atoms with Gasteiger partial charge in [-0.3, -0.25) is 4.79 Å². The molecule has 0 aliphatic carbocycles. The molecule has 2 heterocycles. The van der Waals surface area contributed by atoms with Gasteiger partial charge in [-0.2, -0.15) is 0 Å². The summed E-state index contributed by atoms with van der Waals surface area (Å²) in [6, 6.07) is 3.46. The molecule has 3 rings (SSSR count). The normalized spacial score (nSPS) is 19.8. The first-order chi connectivity index (χ1) is 10.0. The summed E-state index contributed by atoms with van der Waals surface area (Å²) in [5.41, 5.74) is 1.64. The van der Waals surface area contributed by atoms with Gasteiger partial charge in [0.15, 0.2) is 0 Å². The molecular weight excluding hydrogens is 338 g/mol. The number of rotatable bonds is 1. The average molecular weight is 354 g/mol. The molecular formula is C15H16BrNO4. The zero-order chi connectivity index (χ0) is 15.2. The quantitative estimate of drug-likeness (QED) is 0.726. The fourth-order valence-electron chi connectivity index (χ4n) is 3.29. The lowest BCUT2D eigenvalue weighted by Crippen LogP contribution is -2.43. The van der Waals surface area contributed by atoms with Crippen LogP contribution >= 0.6 is 15.9 Å². The Balaban J connectivity index is 2.18. The highest BCUT2D eigenvalue weighted by atomic mass is 79.9. The second kappa shape index (κ2) is 5.10. The SMILES string of the molecule is COC(=O)c1cc(Br)c2c(c1)N(C)C(=O)C21CCOCC1. The molecule has 1 fully saturated rings. The van der Waals surface area contributed by atoms with Crippen LogP contribution in [0.1, 0.15) is 28.8 Å². The van der Waals surface area contributed by atoms with Crippen LogP contribution in [-0.4, -0.2) is 39.2 Å². The van der Waals surface area contributed by atoms with Crippen molar-refractivity contribution in [1.29, 1.82) is 0 Å². The highest BCUT2D eigenvalue weighted by Gasteiger charge is 2.51. The van der Waals surface area contributed by atoms with E-state index in [4.69, 9.17) is 9.47 Å². The van der Waals surface area contributed by atoms with Gasteiger partial charge in [0.25, 0.3) is 0 Å². The first-order valence-corrected chi connectivity index (χ1v) is 7.59. The lowest BCUT2D eigenvalue weighted by atomic mass is 9.75. The maximum Gasteiger partial charge on any atom is 0.337 e. The highest BCUT2D eigenvalue weighted by Crippen LogP contribution is 2.50. The van der Waals surface area contributed by atoms with Gasteiger partial charge >= 0.3 is 5.97 Å². The monoisotopic (exact) mass is 353 g/mol. The van der Waals surface area contributed by atoms with E-state index in [-0.39, 0.29) is 5.91 Å². The van der Waals surface area contributed by atoms with Crippen LogP contribution in [0.25, 0.3) is 0 Å². The Morgan fingerprint density at radius 2 is 2.05 bits per heavy atom. The van der Waals surface area contributed by atoms with Crippen molar-refractivity contribution in [2.75, 3.05) is 32.3 Å². The topological polar surface area (TPSA) is 55.8 Å². The van der Waals surface area contributed by atoms with Crippen LogP contribution in [0.2, 0.25) is 0 Å². The Labute approximate surface area is 131 Å². The van der Waals surface area contributed by atoms with Crippen LogP contribution in [0.15, 0.2) is 16.6 Å². The number of fused-ring (bicyclic) bond motifs is 2. The molecule has 1 amide bonds. The molecule has 0 N–H and O–H groups in total. The van der Waals surface area contributed by atoms with Gasteiger partial charge in [0.1, 0.15) is 0 Å². The maximum atomic E-state index is 12.8. The number of carbonyl (C=O) groups excluding carboxylic acids is 2. The summed E-state index contributed by atoms with van der Waals surface area (Å²) in [6.45, 7) is 1.15. The lowest BCUT2D eigenvalue weighted by Gasteiger charge is -2.32. The number of benzene rings is 1. The van der Waals surface area contributed by atoms with E-state index in [1.54, 1.807) is 24.1 Å². The van der Waals surface area contributed by atoms with Crippen LogP contribution in [0.3, 0.4) is 0 Å². The molecule has 1 aromatic rings. The minimum atomic E-state index is -0.532. The highest BCUT2D eigenvalue weighted by molar-refractivity contribution is 9.10. The van der Waals surface area contributed by atoms with E-state index in [0.717, 1.165) is 15.7 Å². The molecule has 1 spiro atoms. The number of anilines is 1. The van der Waals surface area contributed by atoms with Gasteiger partial charge in [-0.15, -0.1) is 0 Å². The van der Waals surface area contributed by atoms with Crippen LogP contribution in [-0.2, 0) is 19.7 Å². The van der Waals surface area contributed by atoms with Crippen LogP contribution < -0.4 is 4.90 Å². The fraction of sp³-hybridized carbons (Fsp3) is 0.467. The predicted molar refractivity (Wildman–Crippen MR) is 80.6 cm³/mol. The third-order valence-electron chi connectivity index (χ3n) is 4.39. The summed E-state index contributed by atoms with van der Waals surface area (Å²) >= 11 is 3.53. The standard InChI is InChI=1S/C15H16BrNO4/c1-17-11-8-9(13(18)20-2)7-10(16)12(11)15(14(17)19)3-5-21-6-4-15/h7-8H,3-6H2,1-2H3. The smallest absolute Gasteiger partial charge is 0.337 e. The van der Waals surface area contributed by atoms with E-state index in [1.165, 1.54) is 7.11 Å². The van der Waals surface area contributed by atoms with Gasteiger partial charge in [-0.1, -0.05) is 15.9 Å². The molecule has 1 saturated heterocycles. The van der Waals surface area contributed by atoms with Crippen molar-refractivity contribution >= 4 is 33.5 Å². The molecule has 0 atom stereocenters. The number of likely N-dealkylation sites (N-methyl/N-ethyl adjacent to an activating group) is 1. The number of esters is 1. The number of methoxy groups -OCH3 is 1. The van der Waals surface area contributed by atoms with Gasteiger partial charge in [-0.05, 0) is 25.0 Å². The Bertz CT molecular complexity index is 622. The van der Waals surface area contributed by atoms with E-state index >= 15 is 0 Å². The van der Waals surface area contributed by atoms with Crippen molar-refractivity contribution in [3.8, 4) is 0 Å². The van der Waals surface area contributed by atoms with E-state index < -0.39 is 11.4 Å². The van der Waals surface area contributed by atoms with Crippen molar-refractivity contribution in [3.05, 3.63) is 27.7 Å². The van der Waals surface area contributed by atoms with Crippen molar-refractivity contribution in [2.24, 2.45) is 0 Å². The zero-order valence-electron chi connectivity index (χ0n) is 11.9. The van der Waals surface area contributed by atoms with Gasteiger partial charge in [0.05, 0.1) is 18.1 Å². The van der Waals surface area contributed by atoms with Gasteiger partial charge in [0, 0.05) is 36.0 Å². The molecule has 1 aromatic carbocycles. The van der Waals surface area contributed by atoms with E-state index in [0.29, 0.717) is 31.6 Å². The Morgan fingerprint density at radius 1 is 1.38 bits per heavy atom. The molecule has 0 aromatic heterocycles. The average Bonchev–Trinajstić information content (AvgIpc) is 2.70. The van der Waals surface area contributed by atoms with Crippen molar-refractivity contribution < 1.29 is 19.1 Å². The van der Waals surface area contributed by atoms with Crippen molar-refractivity contribution in [2.45, 2.75) is 18.3 Å². The summed E-state index contributed by atoms with van der Waals surface area (Å²) in [7, 11) is 3.09. The third-order valence-corrected chi connectivity index (χ3v) is 5.02. The summed E-state index contributed by atoms with van der Waals surface area (Å²) in [6.07, 6.45) is 1.33. The lowest BCUT2D eigenvalue weighted by molar-refractivity contribution is -0.126. The molecule has 0 saturated carbocycles. The number of hydrogen-bond acceptors (Lipinski definition) is 4. The minimum absolute atomic E-state index is 0.0727. The minimum Gasteiger partial charge on any atom is -0.465 e. The molecule has 2 aliphatic rings. The van der Waals surface area contributed by atoms with Crippen LogP contribution in [0, 0.1) is 0 Å². The predicted octanol–water partition coefficient (Wildman–Crippen LogP) is 2.26. The Hall–Kier alpha value is -1.40. The maximum absolute atomic E-state index is 12.8. The Kier molecular flexibility index (Phi) is 3.53.